The average molecular weight is 237 g/mol. The Hall–Kier alpha value is -1.07. The standard InChI is InChI=1S/C10H14F3NO2/c1-7(15)5-8-3-2-4-14(8)9(16)6-10(11,12)13/h8H,2-6H2,1H3. The van der Waals surface area contributed by atoms with Gasteiger partial charge in [0, 0.05) is 19.0 Å². The highest BCUT2D eigenvalue weighted by Gasteiger charge is 2.37. The van der Waals surface area contributed by atoms with Crippen molar-refractivity contribution in [3.8, 4) is 0 Å². The van der Waals surface area contributed by atoms with Crippen molar-refractivity contribution in [3.05, 3.63) is 0 Å². The van der Waals surface area contributed by atoms with Crippen LogP contribution in [-0.2, 0) is 9.59 Å². The fourth-order valence-electron chi connectivity index (χ4n) is 1.98. The zero-order chi connectivity index (χ0) is 12.3. The molecule has 0 aliphatic carbocycles. The van der Waals surface area contributed by atoms with E-state index in [0.29, 0.717) is 19.4 Å². The normalized spacial score (nSPS) is 21.2. The Bertz CT molecular complexity index is 288. The second-order valence-corrected chi connectivity index (χ2v) is 4.08. The molecule has 0 radical (unpaired) electrons. The summed E-state index contributed by atoms with van der Waals surface area (Å²) in [7, 11) is 0. The van der Waals surface area contributed by atoms with Crippen LogP contribution in [0.1, 0.15) is 32.6 Å². The molecule has 6 heteroatoms. The van der Waals surface area contributed by atoms with Crippen molar-refractivity contribution >= 4 is 11.7 Å². The molecule has 3 nitrogen and oxygen atoms in total. The second kappa shape index (κ2) is 4.84. The summed E-state index contributed by atoms with van der Waals surface area (Å²) in [6.45, 7) is 1.71. The molecule has 0 aromatic rings. The van der Waals surface area contributed by atoms with E-state index in [1.54, 1.807) is 0 Å². The minimum Gasteiger partial charge on any atom is -0.339 e. The first-order valence-electron chi connectivity index (χ1n) is 5.15. The van der Waals surface area contributed by atoms with Gasteiger partial charge in [-0.1, -0.05) is 0 Å². The van der Waals surface area contributed by atoms with Crippen LogP contribution in [0, 0.1) is 0 Å². The molecule has 1 aliphatic rings. The maximum Gasteiger partial charge on any atom is 0.397 e. The summed E-state index contributed by atoms with van der Waals surface area (Å²) in [6, 6.07) is -0.340. The Balaban J connectivity index is 2.57. The van der Waals surface area contributed by atoms with E-state index in [-0.39, 0.29) is 18.2 Å². The van der Waals surface area contributed by atoms with Crippen LogP contribution in [0.25, 0.3) is 0 Å². The van der Waals surface area contributed by atoms with Gasteiger partial charge in [-0.2, -0.15) is 13.2 Å². The van der Waals surface area contributed by atoms with Gasteiger partial charge in [0.15, 0.2) is 0 Å². The number of hydrogen-bond acceptors (Lipinski definition) is 2. The van der Waals surface area contributed by atoms with Crippen molar-refractivity contribution in [2.24, 2.45) is 0 Å². The number of rotatable bonds is 3. The molecule has 0 aromatic heterocycles. The van der Waals surface area contributed by atoms with Gasteiger partial charge in [-0.25, -0.2) is 0 Å². The predicted octanol–water partition coefficient (Wildman–Crippen LogP) is 1.91. The molecule has 1 fully saturated rings. The Morgan fingerprint density at radius 3 is 2.50 bits per heavy atom. The number of amides is 1. The number of Topliss-reactive ketones (excluding diaryl/α,β-unsaturated/α-hetero) is 1. The van der Waals surface area contributed by atoms with Crippen LogP contribution in [0.2, 0.25) is 0 Å². The Kier molecular flexibility index (Phi) is 3.93. The molecule has 0 N–H and O–H groups in total. The summed E-state index contributed by atoms with van der Waals surface area (Å²) < 4.78 is 36.1. The van der Waals surface area contributed by atoms with E-state index in [9.17, 15) is 22.8 Å². The number of ketones is 1. The fraction of sp³-hybridized carbons (Fsp3) is 0.800. The number of carbonyl (C=O) groups excluding carboxylic acids is 2. The van der Waals surface area contributed by atoms with E-state index in [4.69, 9.17) is 0 Å². The van der Waals surface area contributed by atoms with Crippen molar-refractivity contribution in [3.63, 3.8) is 0 Å². The van der Waals surface area contributed by atoms with Gasteiger partial charge in [0.2, 0.25) is 5.91 Å². The van der Waals surface area contributed by atoms with Crippen molar-refractivity contribution < 1.29 is 22.8 Å². The number of likely N-dealkylation sites (tertiary alicyclic amines) is 1. The third kappa shape index (κ3) is 3.83. The van der Waals surface area contributed by atoms with E-state index in [2.05, 4.69) is 0 Å². The lowest BCUT2D eigenvalue weighted by Crippen LogP contribution is -2.38. The average Bonchev–Trinajstić information content (AvgIpc) is 2.47. The first-order valence-corrected chi connectivity index (χ1v) is 5.15. The van der Waals surface area contributed by atoms with E-state index in [0.717, 1.165) is 0 Å². The number of carbonyl (C=O) groups is 2. The topological polar surface area (TPSA) is 37.4 Å². The highest BCUT2D eigenvalue weighted by atomic mass is 19.4. The monoisotopic (exact) mass is 237 g/mol. The Labute approximate surface area is 91.6 Å². The summed E-state index contributed by atoms with van der Waals surface area (Å²) in [5, 5.41) is 0. The van der Waals surface area contributed by atoms with Gasteiger partial charge in [-0.3, -0.25) is 9.59 Å². The van der Waals surface area contributed by atoms with Crippen molar-refractivity contribution in [1.82, 2.24) is 4.90 Å². The maximum absolute atomic E-state index is 12.0. The molecular formula is C10H14F3NO2. The van der Waals surface area contributed by atoms with Crippen LogP contribution in [-0.4, -0.2) is 35.4 Å². The van der Waals surface area contributed by atoms with Crippen molar-refractivity contribution in [2.75, 3.05) is 6.54 Å². The van der Waals surface area contributed by atoms with Gasteiger partial charge in [-0.15, -0.1) is 0 Å². The molecule has 0 spiro atoms. The maximum atomic E-state index is 12.0. The third-order valence-corrected chi connectivity index (χ3v) is 2.57. The zero-order valence-electron chi connectivity index (χ0n) is 9.01. The second-order valence-electron chi connectivity index (χ2n) is 4.08. The Morgan fingerprint density at radius 1 is 1.38 bits per heavy atom. The third-order valence-electron chi connectivity index (χ3n) is 2.57. The summed E-state index contributed by atoms with van der Waals surface area (Å²) in [6.07, 6.45) is -4.46. The lowest BCUT2D eigenvalue weighted by atomic mass is 10.1. The molecule has 1 aliphatic heterocycles. The van der Waals surface area contributed by atoms with E-state index >= 15 is 0 Å². The Morgan fingerprint density at radius 2 is 2.00 bits per heavy atom. The number of hydrogen-bond donors (Lipinski definition) is 0. The van der Waals surface area contributed by atoms with Gasteiger partial charge in [0.25, 0.3) is 0 Å². The predicted molar refractivity (Wildman–Crippen MR) is 50.7 cm³/mol. The molecular weight excluding hydrogens is 223 g/mol. The van der Waals surface area contributed by atoms with Crippen LogP contribution in [0.4, 0.5) is 13.2 Å². The molecule has 1 atom stereocenters. The highest BCUT2D eigenvalue weighted by Crippen LogP contribution is 2.26. The highest BCUT2D eigenvalue weighted by molar-refractivity contribution is 5.80. The molecule has 1 amide bonds. The fourth-order valence-corrected chi connectivity index (χ4v) is 1.98. The van der Waals surface area contributed by atoms with Gasteiger partial charge >= 0.3 is 6.18 Å². The van der Waals surface area contributed by atoms with Gasteiger partial charge in [0.1, 0.15) is 12.2 Å². The zero-order valence-corrected chi connectivity index (χ0v) is 9.01. The largest absolute Gasteiger partial charge is 0.397 e. The molecule has 0 bridgehead atoms. The van der Waals surface area contributed by atoms with Crippen LogP contribution < -0.4 is 0 Å². The molecule has 1 saturated heterocycles. The van der Waals surface area contributed by atoms with Crippen molar-refractivity contribution in [1.29, 1.82) is 0 Å². The first-order chi connectivity index (χ1) is 7.29. The number of alkyl halides is 3. The molecule has 1 rings (SSSR count). The van der Waals surface area contributed by atoms with E-state index < -0.39 is 18.5 Å². The van der Waals surface area contributed by atoms with Crippen LogP contribution in [0.5, 0.6) is 0 Å². The SMILES string of the molecule is CC(=O)CC1CCCN1C(=O)CC(F)(F)F. The summed E-state index contributed by atoms with van der Waals surface area (Å²) >= 11 is 0. The number of halogens is 3. The van der Waals surface area contributed by atoms with E-state index in [1.165, 1.54) is 11.8 Å². The lowest BCUT2D eigenvalue weighted by Gasteiger charge is -2.24. The summed E-state index contributed by atoms with van der Waals surface area (Å²) in [5.74, 6) is -1.02. The summed E-state index contributed by atoms with van der Waals surface area (Å²) in [5.41, 5.74) is 0. The van der Waals surface area contributed by atoms with Crippen molar-refractivity contribution in [2.45, 2.75) is 44.8 Å². The molecule has 1 heterocycles. The first kappa shape index (κ1) is 13.0. The van der Waals surface area contributed by atoms with E-state index in [1.807, 2.05) is 0 Å². The molecule has 92 valence electrons. The van der Waals surface area contributed by atoms with Gasteiger partial charge < -0.3 is 4.90 Å². The molecule has 0 saturated carbocycles. The lowest BCUT2D eigenvalue weighted by molar-refractivity contribution is -0.162. The van der Waals surface area contributed by atoms with Crippen LogP contribution in [0.3, 0.4) is 0 Å². The van der Waals surface area contributed by atoms with Crippen LogP contribution in [0.15, 0.2) is 0 Å². The molecule has 1 unspecified atom stereocenters. The minimum atomic E-state index is -4.47. The van der Waals surface area contributed by atoms with Gasteiger partial charge in [-0.05, 0) is 19.8 Å². The molecule has 0 aromatic carbocycles. The summed E-state index contributed by atoms with van der Waals surface area (Å²) in [4.78, 5) is 23.4. The number of nitrogens with zero attached hydrogens (tertiary/aromatic N) is 1. The smallest absolute Gasteiger partial charge is 0.339 e. The minimum absolute atomic E-state index is 0.100. The molecule has 16 heavy (non-hydrogen) atoms. The quantitative estimate of drug-likeness (QED) is 0.751. The van der Waals surface area contributed by atoms with Gasteiger partial charge in [0.05, 0.1) is 0 Å². The van der Waals surface area contributed by atoms with Crippen LogP contribution >= 0.6 is 0 Å².